The Labute approximate surface area is 136 Å². The predicted molar refractivity (Wildman–Crippen MR) is 86.9 cm³/mol. The number of amides is 4. The average Bonchev–Trinajstić information content (AvgIpc) is 2.60. The minimum atomic E-state index is -0.468. The summed E-state index contributed by atoms with van der Waals surface area (Å²) >= 11 is 0. The number of benzene rings is 2. The Morgan fingerprint density at radius 2 is 1.29 bits per heavy atom. The summed E-state index contributed by atoms with van der Waals surface area (Å²) in [5.41, 5.74) is 1.69. The van der Waals surface area contributed by atoms with Gasteiger partial charge in [0.05, 0.1) is 5.56 Å². The third-order valence-corrected chi connectivity index (χ3v) is 4.66. The molecule has 0 saturated carbocycles. The molecule has 0 saturated heterocycles. The highest BCUT2D eigenvalue weighted by Crippen LogP contribution is 2.39. The molecule has 4 rings (SSSR count). The molecule has 0 atom stereocenters. The Balaban J connectivity index is 2.30. The second kappa shape index (κ2) is 4.38. The fraction of sp³-hybridized carbons (Fsp3) is 0.111. The van der Waals surface area contributed by atoms with Crippen molar-refractivity contribution in [3.8, 4) is 0 Å². The van der Waals surface area contributed by atoms with Gasteiger partial charge >= 0.3 is 0 Å². The molecule has 6 heteroatoms. The van der Waals surface area contributed by atoms with Crippen LogP contribution in [0.15, 0.2) is 24.8 Å². The lowest BCUT2D eigenvalue weighted by Gasteiger charge is -2.30. The highest BCUT2D eigenvalue weighted by molar-refractivity contribution is 6.34. The molecule has 4 amide bonds. The van der Waals surface area contributed by atoms with Gasteiger partial charge in [0, 0.05) is 41.6 Å². The molecule has 0 fully saturated rings. The van der Waals surface area contributed by atoms with E-state index < -0.39 is 23.6 Å². The standard InChI is InChI=1S/C18H12N2O4/c1-4-8-7-11-13-9(15(21)19(2)17(11)23)5-6-10-14(13)12(8)18(24)20(3)16(10)22/h4-7H,1H2,2-3H3. The molecule has 0 unspecified atom stereocenters. The van der Waals surface area contributed by atoms with Gasteiger partial charge in [-0.05, 0) is 23.8 Å². The quantitative estimate of drug-likeness (QED) is 0.753. The Morgan fingerprint density at radius 1 is 0.792 bits per heavy atom. The Hall–Kier alpha value is -3.28. The highest BCUT2D eigenvalue weighted by atomic mass is 16.2. The highest BCUT2D eigenvalue weighted by Gasteiger charge is 2.38. The summed E-state index contributed by atoms with van der Waals surface area (Å²) in [6.45, 7) is 3.71. The van der Waals surface area contributed by atoms with Gasteiger partial charge in [-0.1, -0.05) is 12.7 Å². The maximum Gasteiger partial charge on any atom is 0.261 e. The Bertz CT molecular complexity index is 1040. The Morgan fingerprint density at radius 3 is 1.88 bits per heavy atom. The first-order valence-electron chi connectivity index (χ1n) is 7.29. The van der Waals surface area contributed by atoms with Crippen LogP contribution in [0.4, 0.5) is 0 Å². The van der Waals surface area contributed by atoms with E-state index in [4.69, 9.17) is 0 Å². The van der Waals surface area contributed by atoms with Crippen LogP contribution >= 0.6 is 0 Å². The molecule has 0 radical (unpaired) electrons. The Kier molecular flexibility index (Phi) is 2.61. The van der Waals surface area contributed by atoms with E-state index in [-0.39, 0.29) is 0 Å². The van der Waals surface area contributed by atoms with E-state index in [1.54, 1.807) is 6.07 Å². The summed E-state index contributed by atoms with van der Waals surface area (Å²) in [6, 6.07) is 4.63. The molecule has 2 heterocycles. The van der Waals surface area contributed by atoms with Crippen molar-refractivity contribution >= 4 is 40.5 Å². The van der Waals surface area contributed by atoms with Crippen LogP contribution in [0.1, 0.15) is 47.0 Å². The largest absolute Gasteiger partial charge is 0.277 e. The summed E-state index contributed by atoms with van der Waals surface area (Å²) in [5.74, 6) is -1.83. The number of carbonyl (C=O) groups excluding carboxylic acids is 4. The second-order valence-electron chi connectivity index (χ2n) is 5.84. The fourth-order valence-electron chi connectivity index (χ4n) is 3.40. The van der Waals surface area contributed by atoms with E-state index in [1.165, 1.54) is 32.3 Å². The number of nitrogens with zero attached hydrogens (tertiary/aromatic N) is 2. The maximum absolute atomic E-state index is 12.6. The molecule has 0 aromatic heterocycles. The molecule has 24 heavy (non-hydrogen) atoms. The number of hydrogen-bond acceptors (Lipinski definition) is 4. The van der Waals surface area contributed by atoms with Gasteiger partial charge < -0.3 is 0 Å². The lowest BCUT2D eigenvalue weighted by atomic mass is 9.83. The van der Waals surface area contributed by atoms with Gasteiger partial charge in [-0.3, -0.25) is 29.0 Å². The van der Waals surface area contributed by atoms with Gasteiger partial charge in [-0.2, -0.15) is 0 Å². The van der Waals surface area contributed by atoms with Crippen LogP contribution in [0, 0.1) is 0 Å². The van der Waals surface area contributed by atoms with Gasteiger partial charge in [-0.15, -0.1) is 0 Å². The zero-order valence-electron chi connectivity index (χ0n) is 13.0. The second-order valence-corrected chi connectivity index (χ2v) is 5.84. The average molecular weight is 320 g/mol. The SMILES string of the molecule is C=Cc1cc2c3c(ccc4c3c1C(=O)N(C)C4=O)C(=O)N(C)C2=O. The van der Waals surface area contributed by atoms with Crippen molar-refractivity contribution in [2.24, 2.45) is 0 Å². The van der Waals surface area contributed by atoms with Gasteiger partial charge in [0.2, 0.25) is 0 Å². The van der Waals surface area contributed by atoms with Crippen molar-refractivity contribution in [1.29, 1.82) is 0 Å². The summed E-state index contributed by atoms with van der Waals surface area (Å²) in [6.07, 6.45) is 1.48. The van der Waals surface area contributed by atoms with Crippen LogP contribution in [0.5, 0.6) is 0 Å². The normalized spacial score (nSPS) is 16.2. The van der Waals surface area contributed by atoms with Gasteiger partial charge in [0.25, 0.3) is 23.6 Å². The van der Waals surface area contributed by atoms with Crippen LogP contribution in [0.25, 0.3) is 16.8 Å². The van der Waals surface area contributed by atoms with Crippen LogP contribution in [0.3, 0.4) is 0 Å². The van der Waals surface area contributed by atoms with E-state index >= 15 is 0 Å². The lowest BCUT2D eigenvalue weighted by Crippen LogP contribution is -2.40. The zero-order valence-corrected chi connectivity index (χ0v) is 13.0. The van der Waals surface area contributed by atoms with Crippen molar-refractivity contribution < 1.29 is 19.2 Å². The minimum Gasteiger partial charge on any atom is -0.277 e. The molecule has 2 aliphatic rings. The van der Waals surface area contributed by atoms with Crippen LogP contribution in [-0.4, -0.2) is 47.5 Å². The molecule has 6 nitrogen and oxygen atoms in total. The van der Waals surface area contributed by atoms with Gasteiger partial charge in [-0.25, -0.2) is 0 Å². The van der Waals surface area contributed by atoms with Gasteiger partial charge in [0.1, 0.15) is 0 Å². The van der Waals surface area contributed by atoms with Crippen LogP contribution < -0.4 is 0 Å². The first-order chi connectivity index (χ1) is 11.4. The molecule has 2 aliphatic heterocycles. The van der Waals surface area contributed by atoms with Crippen LogP contribution in [0.2, 0.25) is 0 Å². The monoisotopic (exact) mass is 320 g/mol. The number of hydrogen-bond donors (Lipinski definition) is 0. The summed E-state index contributed by atoms with van der Waals surface area (Å²) < 4.78 is 0. The molecule has 0 spiro atoms. The maximum atomic E-state index is 12.6. The molecular weight excluding hydrogens is 308 g/mol. The third-order valence-electron chi connectivity index (χ3n) is 4.66. The first kappa shape index (κ1) is 14.3. The van der Waals surface area contributed by atoms with E-state index in [9.17, 15) is 19.2 Å². The van der Waals surface area contributed by atoms with Crippen molar-refractivity contribution in [3.05, 3.63) is 52.6 Å². The van der Waals surface area contributed by atoms with E-state index in [2.05, 4.69) is 6.58 Å². The molecular formula is C18H12N2O4. The molecule has 2 aromatic rings. The first-order valence-corrected chi connectivity index (χ1v) is 7.29. The fourth-order valence-corrected chi connectivity index (χ4v) is 3.40. The number of imide groups is 2. The third kappa shape index (κ3) is 1.45. The van der Waals surface area contributed by atoms with Crippen molar-refractivity contribution in [2.45, 2.75) is 0 Å². The van der Waals surface area contributed by atoms with E-state index in [0.717, 1.165) is 9.80 Å². The topological polar surface area (TPSA) is 74.8 Å². The molecule has 0 aliphatic carbocycles. The summed E-state index contributed by atoms with van der Waals surface area (Å²) in [5, 5.41) is 0.735. The van der Waals surface area contributed by atoms with E-state index in [0.29, 0.717) is 38.6 Å². The smallest absolute Gasteiger partial charge is 0.261 e. The molecule has 0 N–H and O–H groups in total. The van der Waals surface area contributed by atoms with Crippen LogP contribution in [-0.2, 0) is 0 Å². The van der Waals surface area contributed by atoms with Crippen molar-refractivity contribution in [1.82, 2.24) is 9.80 Å². The van der Waals surface area contributed by atoms with Crippen molar-refractivity contribution in [3.63, 3.8) is 0 Å². The summed E-state index contributed by atoms with van der Waals surface area (Å²) in [7, 11) is 2.81. The molecule has 118 valence electrons. The summed E-state index contributed by atoms with van der Waals surface area (Å²) in [4.78, 5) is 52.1. The number of carbonyl (C=O) groups is 4. The predicted octanol–water partition coefficient (Wildman–Crippen LogP) is 1.93. The number of rotatable bonds is 1. The zero-order chi connectivity index (χ0) is 17.3. The lowest BCUT2D eigenvalue weighted by molar-refractivity contribution is 0.0629. The molecule has 2 aromatic carbocycles. The minimum absolute atomic E-state index is 0.299. The van der Waals surface area contributed by atoms with Crippen molar-refractivity contribution in [2.75, 3.05) is 14.1 Å². The molecule has 0 bridgehead atoms. The van der Waals surface area contributed by atoms with Gasteiger partial charge in [0.15, 0.2) is 0 Å². The van der Waals surface area contributed by atoms with E-state index in [1.807, 2.05) is 0 Å².